The number of nitrogens with zero attached hydrogens (tertiary/aromatic N) is 3. The number of hydrogen-bond acceptors (Lipinski definition) is 2. The Morgan fingerprint density at radius 3 is 2.57 bits per heavy atom. The number of rotatable bonds is 3. The number of benzene rings is 2. The molecule has 0 unspecified atom stereocenters. The average molecular weight is 299 g/mol. The maximum Gasteiger partial charge on any atom is 0.146 e. The highest BCUT2D eigenvalue weighted by Crippen LogP contribution is 2.30. The van der Waals surface area contributed by atoms with E-state index >= 15 is 0 Å². The molecule has 0 N–H and O–H groups in total. The molecule has 2 aromatic carbocycles. The van der Waals surface area contributed by atoms with E-state index in [-0.39, 0.29) is 0 Å². The quantitative estimate of drug-likeness (QED) is 0.542. The summed E-state index contributed by atoms with van der Waals surface area (Å²) in [5.41, 5.74) is 4.87. The van der Waals surface area contributed by atoms with Crippen LogP contribution in [0.1, 0.15) is 31.0 Å². The van der Waals surface area contributed by atoms with Crippen LogP contribution in [0.2, 0.25) is 0 Å². The summed E-state index contributed by atoms with van der Waals surface area (Å²) < 4.78 is 2.19. The predicted octanol–water partition coefficient (Wildman–Crippen LogP) is 4.85. The second-order valence-corrected chi connectivity index (χ2v) is 5.84. The zero-order valence-electron chi connectivity index (χ0n) is 13.1. The molecule has 2 heterocycles. The number of para-hydroxylation sites is 2. The topological polar surface area (TPSA) is 41.1 Å². The van der Waals surface area contributed by atoms with E-state index < -0.39 is 0 Å². The molecule has 0 saturated heterocycles. The lowest BCUT2D eigenvalue weighted by molar-refractivity contribution is 0.770. The Bertz CT molecular complexity index is 1070. The number of pyridine rings is 1. The highest BCUT2D eigenvalue weighted by molar-refractivity contribution is 6.01. The van der Waals surface area contributed by atoms with E-state index in [1.807, 2.05) is 36.4 Å². The van der Waals surface area contributed by atoms with Gasteiger partial charge < -0.3 is 0 Å². The molecule has 0 radical (unpaired) electrons. The number of fused-ring (bicyclic) bond motifs is 5. The molecule has 0 fully saturated rings. The lowest BCUT2D eigenvalue weighted by atomic mass is 10.0. The third kappa shape index (κ3) is 1.99. The molecular formula is C20H17N3. The summed E-state index contributed by atoms with van der Waals surface area (Å²) >= 11 is 0. The van der Waals surface area contributed by atoms with Gasteiger partial charge in [-0.15, -0.1) is 0 Å². The zero-order chi connectivity index (χ0) is 15.8. The minimum Gasteiger partial charge on any atom is -0.295 e. The van der Waals surface area contributed by atoms with Gasteiger partial charge in [-0.1, -0.05) is 49.7 Å². The molecule has 3 heteroatoms. The summed E-state index contributed by atoms with van der Waals surface area (Å²) in [6.07, 6.45) is 3.06. The maximum absolute atomic E-state index is 9.80. The van der Waals surface area contributed by atoms with Crippen LogP contribution in [0.5, 0.6) is 0 Å². The number of unbranched alkanes of at least 4 members (excludes halogenated alkanes) is 1. The average Bonchev–Trinajstić information content (AvgIpc) is 2.99. The van der Waals surface area contributed by atoms with Crippen LogP contribution in [-0.4, -0.2) is 9.38 Å². The van der Waals surface area contributed by atoms with Crippen LogP contribution in [0.15, 0.2) is 48.5 Å². The van der Waals surface area contributed by atoms with Gasteiger partial charge in [-0.3, -0.25) is 4.40 Å². The van der Waals surface area contributed by atoms with Gasteiger partial charge in [-0.2, -0.15) is 5.26 Å². The van der Waals surface area contributed by atoms with Gasteiger partial charge in [0, 0.05) is 16.5 Å². The smallest absolute Gasteiger partial charge is 0.146 e. The van der Waals surface area contributed by atoms with Crippen molar-refractivity contribution in [3.05, 3.63) is 59.8 Å². The summed E-state index contributed by atoms with van der Waals surface area (Å²) in [5, 5.41) is 11.8. The monoisotopic (exact) mass is 299 g/mol. The van der Waals surface area contributed by atoms with Crippen molar-refractivity contribution in [2.24, 2.45) is 0 Å². The highest BCUT2D eigenvalue weighted by Gasteiger charge is 2.17. The molecule has 0 bridgehead atoms. The van der Waals surface area contributed by atoms with Gasteiger partial charge in [0.25, 0.3) is 0 Å². The Labute approximate surface area is 134 Å². The van der Waals surface area contributed by atoms with E-state index in [0.29, 0.717) is 0 Å². The van der Waals surface area contributed by atoms with Crippen LogP contribution in [0.3, 0.4) is 0 Å². The van der Waals surface area contributed by atoms with Crippen molar-refractivity contribution in [1.82, 2.24) is 9.38 Å². The van der Waals surface area contributed by atoms with E-state index in [1.54, 1.807) is 0 Å². The lowest BCUT2D eigenvalue weighted by Gasteiger charge is -2.12. The number of imidazole rings is 1. The molecule has 112 valence electrons. The summed E-state index contributed by atoms with van der Waals surface area (Å²) in [7, 11) is 0. The molecule has 4 aromatic rings. The first-order chi connectivity index (χ1) is 11.3. The first kappa shape index (κ1) is 13.8. The molecule has 0 spiro atoms. The van der Waals surface area contributed by atoms with Crippen LogP contribution in [0, 0.1) is 11.3 Å². The Hall–Kier alpha value is -2.86. The summed E-state index contributed by atoms with van der Waals surface area (Å²) in [5.74, 6) is 0. The van der Waals surface area contributed by atoms with Crippen LogP contribution in [0.4, 0.5) is 0 Å². The summed E-state index contributed by atoms with van der Waals surface area (Å²) in [6, 6.07) is 18.7. The van der Waals surface area contributed by atoms with Crippen LogP contribution >= 0.6 is 0 Å². The van der Waals surface area contributed by atoms with Gasteiger partial charge in [0.1, 0.15) is 11.7 Å². The standard InChI is InChI=1S/C20H17N3/c1-2-3-11-18-16(13-21)14-8-4-5-9-15(14)20-22-17-10-6-7-12-19(17)23(18)20/h4-10,12H,2-3,11H2,1H3. The van der Waals surface area contributed by atoms with Gasteiger partial charge in [-0.25, -0.2) is 4.98 Å². The van der Waals surface area contributed by atoms with Crippen molar-refractivity contribution in [1.29, 1.82) is 5.26 Å². The zero-order valence-corrected chi connectivity index (χ0v) is 13.1. The van der Waals surface area contributed by atoms with E-state index in [1.165, 1.54) is 0 Å². The molecular weight excluding hydrogens is 282 g/mol. The van der Waals surface area contributed by atoms with E-state index in [4.69, 9.17) is 4.98 Å². The number of hydrogen-bond donors (Lipinski definition) is 0. The molecule has 4 rings (SSSR count). The van der Waals surface area contributed by atoms with E-state index in [9.17, 15) is 5.26 Å². The van der Waals surface area contributed by atoms with Gasteiger partial charge in [0.2, 0.25) is 0 Å². The SMILES string of the molecule is CCCCc1c(C#N)c2ccccc2c2nc3ccccc3n12. The highest BCUT2D eigenvalue weighted by atomic mass is 15.0. The number of aryl methyl sites for hydroxylation is 1. The Morgan fingerprint density at radius 1 is 1.04 bits per heavy atom. The largest absolute Gasteiger partial charge is 0.295 e. The van der Waals surface area contributed by atoms with Crippen molar-refractivity contribution >= 4 is 27.5 Å². The van der Waals surface area contributed by atoms with E-state index in [2.05, 4.69) is 29.5 Å². The van der Waals surface area contributed by atoms with Gasteiger partial charge >= 0.3 is 0 Å². The number of nitriles is 1. The minimum atomic E-state index is 0.782. The van der Waals surface area contributed by atoms with Gasteiger partial charge in [0.05, 0.1) is 16.6 Å². The predicted molar refractivity (Wildman–Crippen MR) is 93.5 cm³/mol. The normalized spacial score (nSPS) is 11.3. The van der Waals surface area contributed by atoms with Gasteiger partial charge in [0.15, 0.2) is 0 Å². The first-order valence-electron chi connectivity index (χ1n) is 8.06. The van der Waals surface area contributed by atoms with Crippen LogP contribution in [-0.2, 0) is 6.42 Å². The molecule has 0 aliphatic carbocycles. The van der Waals surface area contributed by atoms with E-state index in [0.717, 1.165) is 58.0 Å². The Kier molecular flexibility index (Phi) is 3.24. The lowest BCUT2D eigenvalue weighted by Crippen LogP contribution is -2.03. The summed E-state index contributed by atoms with van der Waals surface area (Å²) in [4.78, 5) is 4.84. The van der Waals surface area contributed by atoms with Crippen molar-refractivity contribution in [2.45, 2.75) is 26.2 Å². The molecule has 23 heavy (non-hydrogen) atoms. The van der Waals surface area contributed by atoms with Crippen LogP contribution in [0.25, 0.3) is 27.5 Å². The maximum atomic E-state index is 9.80. The second kappa shape index (κ2) is 5.40. The molecule has 0 amide bonds. The first-order valence-corrected chi connectivity index (χ1v) is 8.06. The fourth-order valence-corrected chi connectivity index (χ4v) is 3.35. The Morgan fingerprint density at radius 2 is 1.78 bits per heavy atom. The third-order valence-corrected chi connectivity index (χ3v) is 4.44. The van der Waals surface area contributed by atoms with Crippen molar-refractivity contribution < 1.29 is 0 Å². The fraction of sp³-hybridized carbons (Fsp3) is 0.200. The molecule has 2 aromatic heterocycles. The van der Waals surface area contributed by atoms with Crippen LogP contribution < -0.4 is 0 Å². The van der Waals surface area contributed by atoms with Crippen molar-refractivity contribution in [3.63, 3.8) is 0 Å². The molecule has 0 saturated carbocycles. The number of aromatic nitrogens is 2. The Balaban J connectivity index is 2.26. The second-order valence-electron chi connectivity index (χ2n) is 5.84. The van der Waals surface area contributed by atoms with Gasteiger partial charge in [-0.05, 0) is 25.0 Å². The minimum absolute atomic E-state index is 0.782. The summed E-state index contributed by atoms with van der Waals surface area (Å²) in [6.45, 7) is 2.18. The van der Waals surface area contributed by atoms with Crippen molar-refractivity contribution in [3.8, 4) is 6.07 Å². The third-order valence-electron chi connectivity index (χ3n) is 4.44. The molecule has 0 aliphatic rings. The molecule has 0 aliphatic heterocycles. The fourth-order valence-electron chi connectivity index (χ4n) is 3.35. The molecule has 0 atom stereocenters. The molecule has 3 nitrogen and oxygen atoms in total. The van der Waals surface area contributed by atoms with Crippen molar-refractivity contribution in [2.75, 3.05) is 0 Å².